The van der Waals surface area contributed by atoms with E-state index < -0.39 is 0 Å². The first kappa shape index (κ1) is 16.7. The highest BCUT2D eigenvalue weighted by Gasteiger charge is 2.24. The lowest BCUT2D eigenvalue weighted by atomic mass is 10.2. The number of piperazine rings is 1. The van der Waals surface area contributed by atoms with Crippen molar-refractivity contribution in [3.8, 4) is 6.07 Å². The molecule has 1 fully saturated rings. The fourth-order valence-electron chi connectivity index (χ4n) is 2.65. The molecule has 7 heteroatoms. The van der Waals surface area contributed by atoms with Crippen molar-refractivity contribution in [3.05, 3.63) is 47.2 Å². The van der Waals surface area contributed by atoms with Crippen molar-refractivity contribution in [2.45, 2.75) is 6.92 Å². The maximum Gasteiger partial charge on any atom is 0.235 e. The maximum absolute atomic E-state index is 12.9. The number of hydrogen-bond acceptors (Lipinski definition) is 5. The number of benzene rings is 1. The summed E-state index contributed by atoms with van der Waals surface area (Å²) in [5, 5.41) is 9.29. The second-order valence-corrected chi connectivity index (χ2v) is 5.70. The Balaban J connectivity index is 1.75. The summed E-state index contributed by atoms with van der Waals surface area (Å²) in [7, 11) is 0. The van der Waals surface area contributed by atoms with Crippen LogP contribution in [0.25, 0.3) is 12.2 Å². The van der Waals surface area contributed by atoms with E-state index in [-0.39, 0.29) is 17.4 Å². The largest absolute Gasteiger partial charge is 0.420 e. The van der Waals surface area contributed by atoms with Gasteiger partial charge in [-0.25, -0.2) is 4.39 Å². The van der Waals surface area contributed by atoms with Gasteiger partial charge in [0.05, 0.1) is 0 Å². The Kier molecular flexibility index (Phi) is 4.80. The average Bonchev–Trinajstić information content (AvgIpc) is 3.04. The lowest BCUT2D eigenvalue weighted by molar-refractivity contribution is -0.129. The van der Waals surface area contributed by atoms with Gasteiger partial charge in [0.1, 0.15) is 11.9 Å². The van der Waals surface area contributed by atoms with Crippen LogP contribution in [0.15, 0.2) is 28.7 Å². The van der Waals surface area contributed by atoms with Crippen LogP contribution in [-0.4, -0.2) is 42.0 Å². The van der Waals surface area contributed by atoms with E-state index in [9.17, 15) is 14.4 Å². The normalized spacial score (nSPS) is 14.8. The predicted octanol–water partition coefficient (Wildman–Crippen LogP) is 2.52. The Hall–Kier alpha value is -3.14. The third-order valence-electron chi connectivity index (χ3n) is 4.03. The quantitative estimate of drug-likeness (QED) is 0.858. The molecule has 1 aliphatic rings. The van der Waals surface area contributed by atoms with Crippen LogP contribution in [0.2, 0.25) is 0 Å². The van der Waals surface area contributed by atoms with E-state index in [1.165, 1.54) is 12.1 Å². The molecule has 2 aromatic rings. The Morgan fingerprint density at radius 1 is 1.24 bits per heavy atom. The average molecular weight is 340 g/mol. The van der Waals surface area contributed by atoms with Gasteiger partial charge in [0, 0.05) is 39.2 Å². The molecular formula is C18H17FN4O2. The van der Waals surface area contributed by atoms with E-state index in [0.717, 1.165) is 5.56 Å². The first-order valence-electron chi connectivity index (χ1n) is 7.92. The molecule has 0 bridgehead atoms. The smallest absolute Gasteiger partial charge is 0.235 e. The van der Waals surface area contributed by atoms with E-state index in [1.807, 2.05) is 11.0 Å². The summed E-state index contributed by atoms with van der Waals surface area (Å²) in [5.41, 5.74) is 1.02. The zero-order valence-corrected chi connectivity index (χ0v) is 13.8. The van der Waals surface area contributed by atoms with Gasteiger partial charge in [-0.2, -0.15) is 10.2 Å². The Labute approximate surface area is 144 Å². The number of nitriles is 1. The number of anilines is 1. The number of oxazole rings is 1. The molecular weight excluding hydrogens is 323 g/mol. The van der Waals surface area contributed by atoms with Crippen LogP contribution >= 0.6 is 0 Å². The van der Waals surface area contributed by atoms with Crippen molar-refractivity contribution in [1.29, 1.82) is 5.26 Å². The van der Waals surface area contributed by atoms with Crippen LogP contribution in [0.4, 0.5) is 10.3 Å². The Morgan fingerprint density at radius 2 is 1.92 bits per heavy atom. The minimum atomic E-state index is -0.299. The highest BCUT2D eigenvalue weighted by molar-refractivity contribution is 5.73. The summed E-state index contributed by atoms with van der Waals surface area (Å²) in [4.78, 5) is 19.3. The van der Waals surface area contributed by atoms with Gasteiger partial charge in [0.2, 0.25) is 23.4 Å². The van der Waals surface area contributed by atoms with Crippen LogP contribution in [0.1, 0.15) is 24.1 Å². The van der Waals surface area contributed by atoms with Gasteiger partial charge >= 0.3 is 0 Å². The molecule has 1 aromatic carbocycles. The summed E-state index contributed by atoms with van der Waals surface area (Å²) >= 11 is 0. The second-order valence-electron chi connectivity index (χ2n) is 5.70. The van der Waals surface area contributed by atoms with Crippen molar-refractivity contribution in [1.82, 2.24) is 9.88 Å². The number of amides is 1. The molecule has 1 saturated heterocycles. The van der Waals surface area contributed by atoms with Gasteiger partial charge < -0.3 is 14.2 Å². The molecule has 1 aromatic heterocycles. The summed E-state index contributed by atoms with van der Waals surface area (Å²) in [5.74, 6) is 0.474. The molecule has 0 spiro atoms. The molecule has 1 amide bonds. The van der Waals surface area contributed by atoms with E-state index in [0.29, 0.717) is 38.0 Å². The molecule has 0 aliphatic carbocycles. The minimum Gasteiger partial charge on any atom is -0.420 e. The van der Waals surface area contributed by atoms with E-state index >= 15 is 0 Å². The molecule has 2 heterocycles. The van der Waals surface area contributed by atoms with Crippen LogP contribution in [0.5, 0.6) is 0 Å². The van der Waals surface area contributed by atoms with Crippen LogP contribution in [0.3, 0.4) is 0 Å². The number of halogens is 1. The summed E-state index contributed by atoms with van der Waals surface area (Å²) in [6.07, 6.45) is 3.38. The molecule has 1 aliphatic heterocycles. The fourth-order valence-corrected chi connectivity index (χ4v) is 2.65. The zero-order chi connectivity index (χ0) is 17.8. The summed E-state index contributed by atoms with van der Waals surface area (Å²) in [6, 6.07) is 8.07. The van der Waals surface area contributed by atoms with Gasteiger partial charge in [0.25, 0.3) is 0 Å². The standard InChI is InChI=1S/C18H17FN4O2/c1-13(24)22-8-10-23(11-9-22)18-16(12-20)21-17(25-18)7-4-14-2-5-15(19)6-3-14/h2-7H,8-11H2,1H3. The highest BCUT2D eigenvalue weighted by atomic mass is 19.1. The highest BCUT2D eigenvalue weighted by Crippen LogP contribution is 2.24. The van der Waals surface area contributed by atoms with Crippen LogP contribution in [-0.2, 0) is 4.79 Å². The number of nitrogens with zero attached hydrogens (tertiary/aromatic N) is 4. The number of rotatable bonds is 3. The molecule has 3 rings (SSSR count). The van der Waals surface area contributed by atoms with Crippen molar-refractivity contribution in [3.63, 3.8) is 0 Å². The van der Waals surface area contributed by atoms with E-state index in [1.54, 1.807) is 36.1 Å². The molecule has 25 heavy (non-hydrogen) atoms. The van der Waals surface area contributed by atoms with Crippen LogP contribution < -0.4 is 4.90 Å². The van der Waals surface area contributed by atoms with E-state index in [2.05, 4.69) is 4.98 Å². The number of carbonyl (C=O) groups excluding carboxylic acids is 1. The second kappa shape index (κ2) is 7.18. The van der Waals surface area contributed by atoms with Gasteiger partial charge in [-0.15, -0.1) is 0 Å². The van der Waals surface area contributed by atoms with E-state index in [4.69, 9.17) is 4.42 Å². The molecule has 0 atom stereocenters. The summed E-state index contributed by atoms with van der Waals surface area (Å²) < 4.78 is 18.6. The van der Waals surface area contributed by atoms with Gasteiger partial charge in [0.15, 0.2) is 0 Å². The number of hydrogen-bond donors (Lipinski definition) is 0. The van der Waals surface area contributed by atoms with Crippen molar-refractivity contribution in [2.75, 3.05) is 31.1 Å². The van der Waals surface area contributed by atoms with Crippen molar-refractivity contribution >= 4 is 23.9 Å². The maximum atomic E-state index is 12.9. The number of aromatic nitrogens is 1. The molecule has 0 N–H and O–H groups in total. The van der Waals surface area contributed by atoms with Crippen molar-refractivity contribution < 1.29 is 13.6 Å². The zero-order valence-electron chi connectivity index (χ0n) is 13.8. The van der Waals surface area contributed by atoms with Crippen molar-refractivity contribution in [2.24, 2.45) is 0 Å². The Bertz CT molecular complexity index is 828. The minimum absolute atomic E-state index is 0.0423. The van der Waals surface area contributed by atoms with Gasteiger partial charge in [-0.3, -0.25) is 4.79 Å². The predicted molar refractivity (Wildman–Crippen MR) is 91.0 cm³/mol. The van der Waals surface area contributed by atoms with Gasteiger partial charge in [-0.1, -0.05) is 12.1 Å². The third kappa shape index (κ3) is 3.86. The Morgan fingerprint density at radius 3 is 2.52 bits per heavy atom. The number of carbonyl (C=O) groups is 1. The molecule has 6 nitrogen and oxygen atoms in total. The van der Waals surface area contributed by atoms with Gasteiger partial charge in [-0.05, 0) is 23.8 Å². The molecule has 128 valence electrons. The molecule has 0 unspecified atom stereocenters. The summed E-state index contributed by atoms with van der Waals surface area (Å²) in [6.45, 7) is 3.89. The molecule has 0 radical (unpaired) electrons. The molecule has 0 saturated carbocycles. The first-order chi connectivity index (χ1) is 12.1. The first-order valence-corrected chi connectivity index (χ1v) is 7.92. The lowest BCUT2D eigenvalue weighted by Gasteiger charge is -2.33. The SMILES string of the molecule is CC(=O)N1CCN(c2oc(C=Cc3ccc(F)cc3)nc2C#N)CC1. The monoisotopic (exact) mass is 340 g/mol. The lowest BCUT2D eigenvalue weighted by Crippen LogP contribution is -2.48. The fraction of sp³-hybridized carbons (Fsp3) is 0.278. The third-order valence-corrected chi connectivity index (χ3v) is 4.03. The van der Waals surface area contributed by atoms with Crippen LogP contribution in [0, 0.1) is 17.1 Å². The topological polar surface area (TPSA) is 73.4 Å².